The summed E-state index contributed by atoms with van der Waals surface area (Å²) in [4.78, 5) is 22.6. The molecule has 0 aliphatic carbocycles. The Morgan fingerprint density at radius 2 is 1.89 bits per heavy atom. The van der Waals surface area contributed by atoms with E-state index in [1.165, 1.54) is 6.92 Å². The Hall–Kier alpha value is -2.08. The van der Waals surface area contributed by atoms with Crippen molar-refractivity contribution in [1.82, 2.24) is 5.32 Å². The van der Waals surface area contributed by atoms with E-state index >= 15 is 0 Å². The number of hydrogen-bond donors (Lipinski definition) is 3. The van der Waals surface area contributed by atoms with Crippen LogP contribution < -0.4 is 16.0 Å². The average Bonchev–Trinajstić information content (AvgIpc) is 2.28. The molecule has 19 heavy (non-hydrogen) atoms. The van der Waals surface area contributed by atoms with Crippen molar-refractivity contribution < 1.29 is 14.3 Å². The van der Waals surface area contributed by atoms with Gasteiger partial charge in [0.15, 0.2) is 0 Å². The number of hydrogen-bond acceptors (Lipinski definition) is 3. The van der Waals surface area contributed by atoms with Crippen molar-refractivity contribution in [3.63, 3.8) is 0 Å². The van der Waals surface area contributed by atoms with Gasteiger partial charge in [0, 0.05) is 25.4 Å². The molecule has 0 heterocycles. The fourth-order valence-corrected chi connectivity index (χ4v) is 1.56. The molecule has 1 aromatic rings. The molecule has 6 heteroatoms. The van der Waals surface area contributed by atoms with Crippen LogP contribution in [0.5, 0.6) is 0 Å². The fraction of sp³-hybridized carbons (Fsp3) is 0.385. The standard InChI is InChI=1S/C13H19N3O3/c1-9(8-19-3)14-13(18)16-12-6-4-5-11(7-12)15-10(2)17/h4-7,9H,8H2,1-3H3,(H,15,17)(H2,14,16,18). The second-order valence-corrected chi connectivity index (χ2v) is 4.22. The molecule has 1 aromatic carbocycles. The summed E-state index contributed by atoms with van der Waals surface area (Å²) in [5.41, 5.74) is 1.24. The first-order valence-corrected chi connectivity index (χ1v) is 5.95. The molecule has 0 saturated carbocycles. The van der Waals surface area contributed by atoms with Gasteiger partial charge in [-0.3, -0.25) is 4.79 Å². The van der Waals surface area contributed by atoms with Crippen LogP contribution in [0.2, 0.25) is 0 Å². The molecule has 0 aromatic heterocycles. The molecule has 6 nitrogen and oxygen atoms in total. The van der Waals surface area contributed by atoms with Gasteiger partial charge < -0.3 is 20.7 Å². The van der Waals surface area contributed by atoms with Crippen LogP contribution in [0.25, 0.3) is 0 Å². The van der Waals surface area contributed by atoms with E-state index in [0.717, 1.165) is 0 Å². The summed E-state index contributed by atoms with van der Waals surface area (Å²) in [5.74, 6) is -0.157. The minimum absolute atomic E-state index is 0.0801. The van der Waals surface area contributed by atoms with Gasteiger partial charge in [-0.2, -0.15) is 0 Å². The number of rotatable bonds is 5. The predicted molar refractivity (Wildman–Crippen MR) is 74.2 cm³/mol. The lowest BCUT2D eigenvalue weighted by atomic mass is 10.2. The summed E-state index contributed by atoms with van der Waals surface area (Å²) < 4.78 is 4.93. The highest BCUT2D eigenvalue weighted by molar-refractivity contribution is 5.92. The Morgan fingerprint density at radius 3 is 2.47 bits per heavy atom. The summed E-state index contributed by atoms with van der Waals surface area (Å²) >= 11 is 0. The molecule has 0 saturated heterocycles. The van der Waals surface area contributed by atoms with Crippen LogP contribution in [0.1, 0.15) is 13.8 Å². The van der Waals surface area contributed by atoms with E-state index in [2.05, 4.69) is 16.0 Å². The third kappa shape index (κ3) is 5.87. The van der Waals surface area contributed by atoms with Crippen LogP contribution in [0.3, 0.4) is 0 Å². The van der Waals surface area contributed by atoms with E-state index < -0.39 is 0 Å². The highest BCUT2D eigenvalue weighted by Crippen LogP contribution is 2.14. The Morgan fingerprint density at radius 1 is 1.26 bits per heavy atom. The van der Waals surface area contributed by atoms with E-state index in [0.29, 0.717) is 18.0 Å². The highest BCUT2D eigenvalue weighted by Gasteiger charge is 2.07. The van der Waals surface area contributed by atoms with Crippen LogP contribution in [0.4, 0.5) is 16.2 Å². The molecule has 0 aliphatic heterocycles. The summed E-state index contributed by atoms with van der Waals surface area (Å²) in [7, 11) is 1.58. The van der Waals surface area contributed by atoms with Gasteiger partial charge in [0.25, 0.3) is 0 Å². The van der Waals surface area contributed by atoms with E-state index in [-0.39, 0.29) is 18.0 Å². The summed E-state index contributed by atoms with van der Waals surface area (Å²) in [6.07, 6.45) is 0. The molecule has 0 radical (unpaired) electrons. The van der Waals surface area contributed by atoms with Gasteiger partial charge in [-0.1, -0.05) is 6.07 Å². The van der Waals surface area contributed by atoms with E-state index in [1.807, 2.05) is 6.92 Å². The smallest absolute Gasteiger partial charge is 0.319 e. The van der Waals surface area contributed by atoms with Crippen molar-refractivity contribution in [2.75, 3.05) is 24.4 Å². The number of amides is 3. The lowest BCUT2D eigenvalue weighted by molar-refractivity contribution is -0.114. The van der Waals surface area contributed by atoms with Crippen LogP contribution >= 0.6 is 0 Å². The van der Waals surface area contributed by atoms with Crippen LogP contribution in [-0.2, 0) is 9.53 Å². The average molecular weight is 265 g/mol. The molecule has 0 fully saturated rings. The third-order valence-electron chi connectivity index (χ3n) is 2.23. The van der Waals surface area contributed by atoms with Gasteiger partial charge in [0.05, 0.1) is 12.6 Å². The van der Waals surface area contributed by atoms with E-state index in [4.69, 9.17) is 4.74 Å². The molecule has 1 rings (SSSR count). The molecule has 1 atom stereocenters. The minimum atomic E-state index is -0.315. The van der Waals surface area contributed by atoms with Crippen LogP contribution in [0, 0.1) is 0 Å². The summed E-state index contributed by atoms with van der Waals surface area (Å²) in [6.45, 7) is 3.72. The number of carbonyl (C=O) groups is 2. The highest BCUT2D eigenvalue weighted by atomic mass is 16.5. The number of anilines is 2. The Kier molecular flexibility index (Phi) is 5.81. The van der Waals surface area contributed by atoms with Crippen molar-refractivity contribution in [1.29, 1.82) is 0 Å². The zero-order valence-electron chi connectivity index (χ0n) is 11.3. The number of nitrogens with one attached hydrogen (secondary N) is 3. The molecular weight excluding hydrogens is 246 g/mol. The normalized spacial score (nSPS) is 11.5. The first-order valence-electron chi connectivity index (χ1n) is 5.95. The monoisotopic (exact) mass is 265 g/mol. The molecular formula is C13H19N3O3. The summed E-state index contributed by atoms with van der Waals surface area (Å²) in [5, 5.41) is 8.06. The SMILES string of the molecule is COCC(C)NC(=O)Nc1cccc(NC(C)=O)c1. The van der Waals surface area contributed by atoms with Gasteiger partial charge in [-0.25, -0.2) is 4.79 Å². The van der Waals surface area contributed by atoms with Crippen molar-refractivity contribution >= 4 is 23.3 Å². The number of urea groups is 1. The first-order chi connectivity index (χ1) is 9.01. The van der Waals surface area contributed by atoms with Crippen LogP contribution in [0.15, 0.2) is 24.3 Å². The zero-order valence-corrected chi connectivity index (χ0v) is 11.3. The fourth-order valence-electron chi connectivity index (χ4n) is 1.56. The maximum absolute atomic E-state index is 11.7. The Labute approximate surface area is 112 Å². The second-order valence-electron chi connectivity index (χ2n) is 4.22. The third-order valence-corrected chi connectivity index (χ3v) is 2.23. The van der Waals surface area contributed by atoms with E-state index in [9.17, 15) is 9.59 Å². The second kappa shape index (κ2) is 7.38. The van der Waals surface area contributed by atoms with Crippen LogP contribution in [-0.4, -0.2) is 31.7 Å². The number of benzene rings is 1. The Bertz CT molecular complexity index is 449. The van der Waals surface area contributed by atoms with Gasteiger partial charge in [-0.15, -0.1) is 0 Å². The molecule has 0 bridgehead atoms. The van der Waals surface area contributed by atoms with E-state index in [1.54, 1.807) is 31.4 Å². The topological polar surface area (TPSA) is 79.5 Å². The molecule has 0 spiro atoms. The van der Waals surface area contributed by atoms with Crippen molar-refractivity contribution in [2.45, 2.75) is 19.9 Å². The maximum Gasteiger partial charge on any atom is 0.319 e. The van der Waals surface area contributed by atoms with Gasteiger partial charge >= 0.3 is 6.03 Å². The Balaban J connectivity index is 2.56. The maximum atomic E-state index is 11.7. The zero-order chi connectivity index (χ0) is 14.3. The predicted octanol–water partition coefficient (Wildman–Crippen LogP) is 1.80. The lowest BCUT2D eigenvalue weighted by Crippen LogP contribution is -2.38. The van der Waals surface area contributed by atoms with Crippen molar-refractivity contribution in [3.8, 4) is 0 Å². The first kappa shape index (κ1) is 15.0. The summed E-state index contributed by atoms with van der Waals surface area (Å²) in [6, 6.07) is 6.53. The molecule has 3 N–H and O–H groups in total. The molecule has 3 amide bonds. The number of methoxy groups -OCH3 is 1. The molecule has 0 aliphatic rings. The van der Waals surface area contributed by atoms with Crippen molar-refractivity contribution in [3.05, 3.63) is 24.3 Å². The minimum Gasteiger partial charge on any atom is -0.383 e. The largest absolute Gasteiger partial charge is 0.383 e. The van der Waals surface area contributed by atoms with Crippen molar-refractivity contribution in [2.24, 2.45) is 0 Å². The van der Waals surface area contributed by atoms with Gasteiger partial charge in [0.2, 0.25) is 5.91 Å². The molecule has 104 valence electrons. The van der Waals surface area contributed by atoms with Gasteiger partial charge in [-0.05, 0) is 25.1 Å². The number of carbonyl (C=O) groups excluding carboxylic acids is 2. The lowest BCUT2D eigenvalue weighted by Gasteiger charge is -2.14. The quantitative estimate of drug-likeness (QED) is 0.759. The molecule has 1 unspecified atom stereocenters. The van der Waals surface area contributed by atoms with Gasteiger partial charge in [0.1, 0.15) is 0 Å². The number of ether oxygens (including phenoxy) is 1.